The van der Waals surface area contributed by atoms with Crippen LogP contribution in [-0.2, 0) is 0 Å². The normalized spacial score (nSPS) is 9.20. The maximum absolute atomic E-state index is 10.7. The Balaban J connectivity index is 2.95. The van der Waals surface area contributed by atoms with Gasteiger partial charge in [-0.05, 0) is 30.7 Å². The summed E-state index contributed by atoms with van der Waals surface area (Å²) >= 11 is 5.49. The Morgan fingerprint density at radius 1 is 1.53 bits per heavy atom. The first kappa shape index (κ1) is 11.6. The fraction of sp³-hybridized carbons (Fsp3) is 0.250. The lowest BCUT2D eigenvalue weighted by molar-refractivity contribution is 0.0697. The number of hydrogen-bond acceptors (Lipinski definition) is 1. The van der Waals surface area contributed by atoms with E-state index in [1.54, 1.807) is 18.2 Å². The number of aromatic carboxylic acids is 1. The average Bonchev–Trinajstić information content (AvgIpc) is 2.20. The zero-order valence-electron chi connectivity index (χ0n) is 8.38. The lowest BCUT2D eigenvalue weighted by Gasteiger charge is -1.99. The van der Waals surface area contributed by atoms with Gasteiger partial charge in [-0.2, -0.15) is 0 Å². The Bertz CT molecular complexity index is 427. The predicted octanol–water partition coefficient (Wildman–Crippen LogP) is 2.67. The van der Waals surface area contributed by atoms with Crippen molar-refractivity contribution in [1.82, 2.24) is 0 Å². The van der Waals surface area contributed by atoms with E-state index in [2.05, 4.69) is 11.8 Å². The highest BCUT2D eigenvalue weighted by Gasteiger charge is 2.03. The molecule has 0 aromatic heterocycles. The SMILES string of the molecule is Cc1cc(C(=O)O)ccc1C#CCCCl. The van der Waals surface area contributed by atoms with Crippen LogP contribution in [0.5, 0.6) is 0 Å². The average molecular weight is 223 g/mol. The molecular formula is C12H11ClO2. The van der Waals surface area contributed by atoms with Gasteiger partial charge in [0, 0.05) is 17.9 Å². The first-order chi connectivity index (χ1) is 7.15. The van der Waals surface area contributed by atoms with Gasteiger partial charge in [0.25, 0.3) is 0 Å². The van der Waals surface area contributed by atoms with Crippen LogP contribution in [0.1, 0.15) is 27.9 Å². The summed E-state index contributed by atoms with van der Waals surface area (Å²) in [5.41, 5.74) is 2.01. The van der Waals surface area contributed by atoms with Crippen LogP contribution in [0.15, 0.2) is 18.2 Å². The van der Waals surface area contributed by atoms with Crippen molar-refractivity contribution in [2.75, 3.05) is 5.88 Å². The van der Waals surface area contributed by atoms with E-state index in [1.165, 1.54) is 0 Å². The van der Waals surface area contributed by atoms with Gasteiger partial charge in [-0.15, -0.1) is 11.6 Å². The Morgan fingerprint density at radius 3 is 2.80 bits per heavy atom. The van der Waals surface area contributed by atoms with Crippen molar-refractivity contribution in [2.45, 2.75) is 13.3 Å². The Morgan fingerprint density at radius 2 is 2.27 bits per heavy atom. The molecule has 0 saturated carbocycles. The molecule has 0 heterocycles. The third-order valence-corrected chi connectivity index (χ3v) is 2.10. The van der Waals surface area contributed by atoms with Crippen molar-refractivity contribution in [3.8, 4) is 11.8 Å². The third-order valence-electron chi connectivity index (χ3n) is 1.92. The Hall–Kier alpha value is -1.46. The number of aryl methyl sites for hydroxylation is 1. The molecule has 0 radical (unpaired) electrons. The number of carboxylic acid groups (broad SMARTS) is 1. The molecule has 0 aliphatic carbocycles. The van der Waals surface area contributed by atoms with E-state index in [-0.39, 0.29) is 5.56 Å². The highest BCUT2D eigenvalue weighted by atomic mass is 35.5. The third kappa shape index (κ3) is 3.30. The molecule has 0 spiro atoms. The second-order valence-electron chi connectivity index (χ2n) is 3.08. The molecule has 15 heavy (non-hydrogen) atoms. The number of halogens is 1. The molecule has 0 bridgehead atoms. The zero-order valence-corrected chi connectivity index (χ0v) is 9.14. The van der Waals surface area contributed by atoms with Crippen molar-refractivity contribution in [3.63, 3.8) is 0 Å². The van der Waals surface area contributed by atoms with Crippen LogP contribution in [0, 0.1) is 18.8 Å². The highest BCUT2D eigenvalue weighted by Crippen LogP contribution is 2.10. The number of alkyl halides is 1. The monoisotopic (exact) mass is 222 g/mol. The molecule has 0 fully saturated rings. The van der Waals surface area contributed by atoms with Crippen molar-refractivity contribution in [3.05, 3.63) is 34.9 Å². The molecule has 1 aromatic rings. The molecular weight excluding hydrogens is 212 g/mol. The quantitative estimate of drug-likeness (QED) is 0.617. The number of hydrogen-bond donors (Lipinski definition) is 1. The van der Waals surface area contributed by atoms with E-state index >= 15 is 0 Å². The minimum absolute atomic E-state index is 0.287. The van der Waals surface area contributed by atoms with Crippen LogP contribution in [-0.4, -0.2) is 17.0 Å². The lowest BCUT2D eigenvalue weighted by Crippen LogP contribution is -1.97. The predicted molar refractivity (Wildman–Crippen MR) is 60.4 cm³/mol. The molecule has 0 aliphatic rings. The smallest absolute Gasteiger partial charge is 0.335 e. The van der Waals surface area contributed by atoms with Crippen molar-refractivity contribution in [1.29, 1.82) is 0 Å². The summed E-state index contributed by atoms with van der Waals surface area (Å²) in [6.45, 7) is 1.84. The molecule has 0 unspecified atom stereocenters. The van der Waals surface area contributed by atoms with E-state index in [0.717, 1.165) is 11.1 Å². The lowest BCUT2D eigenvalue weighted by atomic mass is 10.1. The first-order valence-electron chi connectivity index (χ1n) is 4.54. The maximum Gasteiger partial charge on any atom is 0.335 e. The van der Waals surface area contributed by atoms with Crippen LogP contribution >= 0.6 is 11.6 Å². The van der Waals surface area contributed by atoms with E-state index < -0.39 is 5.97 Å². The summed E-state index contributed by atoms with van der Waals surface area (Å²) in [7, 11) is 0. The molecule has 0 saturated heterocycles. The zero-order chi connectivity index (χ0) is 11.3. The molecule has 1 rings (SSSR count). The number of carboxylic acids is 1. The molecule has 3 heteroatoms. The van der Waals surface area contributed by atoms with Gasteiger partial charge < -0.3 is 5.11 Å². The maximum atomic E-state index is 10.7. The van der Waals surface area contributed by atoms with Gasteiger partial charge >= 0.3 is 5.97 Å². The summed E-state index contributed by atoms with van der Waals surface area (Å²) in [5.74, 6) is 5.46. The van der Waals surface area contributed by atoms with E-state index in [9.17, 15) is 4.79 Å². The topological polar surface area (TPSA) is 37.3 Å². The number of benzene rings is 1. The van der Waals surface area contributed by atoms with Crippen LogP contribution in [0.3, 0.4) is 0 Å². The molecule has 2 nitrogen and oxygen atoms in total. The molecule has 0 atom stereocenters. The molecule has 1 aromatic carbocycles. The van der Waals surface area contributed by atoms with Gasteiger partial charge in [0.1, 0.15) is 0 Å². The standard InChI is InChI=1S/C12H11ClO2/c1-9-8-11(12(14)15)6-5-10(9)4-2-3-7-13/h5-6,8H,3,7H2,1H3,(H,14,15). The highest BCUT2D eigenvalue weighted by molar-refractivity contribution is 6.18. The Kier molecular flexibility index (Phi) is 4.20. The minimum Gasteiger partial charge on any atom is -0.478 e. The van der Waals surface area contributed by atoms with Gasteiger partial charge in [0.05, 0.1) is 5.56 Å². The van der Waals surface area contributed by atoms with E-state index in [1.807, 2.05) is 6.92 Å². The molecule has 0 aliphatic heterocycles. The fourth-order valence-electron chi connectivity index (χ4n) is 1.14. The molecule has 78 valence electrons. The summed E-state index contributed by atoms with van der Waals surface area (Å²) in [6, 6.07) is 4.90. The van der Waals surface area contributed by atoms with Crippen molar-refractivity contribution in [2.24, 2.45) is 0 Å². The number of carbonyl (C=O) groups is 1. The summed E-state index contributed by atoms with van der Waals surface area (Å²) in [6.07, 6.45) is 0.641. The van der Waals surface area contributed by atoms with Crippen LogP contribution in [0.4, 0.5) is 0 Å². The van der Waals surface area contributed by atoms with Crippen molar-refractivity contribution >= 4 is 17.6 Å². The van der Waals surface area contributed by atoms with Crippen LogP contribution < -0.4 is 0 Å². The molecule has 0 amide bonds. The Labute approximate surface area is 93.9 Å². The largest absolute Gasteiger partial charge is 0.478 e. The van der Waals surface area contributed by atoms with E-state index in [0.29, 0.717) is 12.3 Å². The summed E-state index contributed by atoms with van der Waals surface area (Å²) in [5, 5.41) is 8.76. The van der Waals surface area contributed by atoms with Crippen LogP contribution in [0.25, 0.3) is 0 Å². The second kappa shape index (κ2) is 5.43. The molecule has 1 N–H and O–H groups in total. The summed E-state index contributed by atoms with van der Waals surface area (Å²) in [4.78, 5) is 10.7. The van der Waals surface area contributed by atoms with Crippen LogP contribution in [0.2, 0.25) is 0 Å². The number of rotatable bonds is 2. The van der Waals surface area contributed by atoms with E-state index in [4.69, 9.17) is 16.7 Å². The fourth-order valence-corrected chi connectivity index (χ4v) is 1.24. The van der Waals surface area contributed by atoms with Gasteiger partial charge in [0.15, 0.2) is 0 Å². The summed E-state index contributed by atoms with van der Waals surface area (Å²) < 4.78 is 0. The van der Waals surface area contributed by atoms with Crippen molar-refractivity contribution < 1.29 is 9.90 Å². The first-order valence-corrected chi connectivity index (χ1v) is 5.07. The van der Waals surface area contributed by atoms with Gasteiger partial charge in [0.2, 0.25) is 0 Å². The minimum atomic E-state index is -0.918. The van der Waals surface area contributed by atoms with Gasteiger partial charge in [-0.1, -0.05) is 11.8 Å². The van der Waals surface area contributed by atoms with Gasteiger partial charge in [-0.25, -0.2) is 4.79 Å². The van der Waals surface area contributed by atoms with Gasteiger partial charge in [-0.3, -0.25) is 0 Å². The second-order valence-corrected chi connectivity index (χ2v) is 3.45.